The van der Waals surface area contributed by atoms with Crippen LogP contribution >= 0.6 is 11.6 Å². The first kappa shape index (κ1) is 19.1. The molecule has 2 aromatic heterocycles. The molecule has 0 radical (unpaired) electrons. The number of aliphatic carboxylic acids is 1. The molecular formula is C18H19ClFN5O2. The van der Waals surface area contributed by atoms with Crippen LogP contribution in [-0.2, 0) is 24.3 Å². The fourth-order valence-electron chi connectivity index (χ4n) is 2.75. The van der Waals surface area contributed by atoms with Gasteiger partial charge in [0.15, 0.2) is 0 Å². The minimum Gasteiger partial charge on any atom is -0.480 e. The van der Waals surface area contributed by atoms with E-state index in [1.54, 1.807) is 23.0 Å². The molecule has 3 N–H and O–H groups in total. The topological polar surface area (TPSA) is 95.8 Å². The number of aromatic amines is 1. The third kappa shape index (κ3) is 4.72. The van der Waals surface area contributed by atoms with Crippen LogP contribution in [0.15, 0.2) is 36.8 Å². The fraction of sp³-hybridized carbons (Fsp3) is 0.278. The largest absolute Gasteiger partial charge is 0.480 e. The summed E-state index contributed by atoms with van der Waals surface area (Å²) in [7, 11) is 0. The Hall–Kier alpha value is -2.71. The van der Waals surface area contributed by atoms with Crippen molar-refractivity contribution in [2.75, 3.05) is 0 Å². The maximum atomic E-state index is 13.0. The van der Waals surface area contributed by atoms with Gasteiger partial charge in [-0.15, -0.1) is 0 Å². The lowest BCUT2D eigenvalue weighted by Crippen LogP contribution is -2.38. The molecule has 27 heavy (non-hydrogen) atoms. The normalized spacial score (nSPS) is 12.3. The highest BCUT2D eigenvalue weighted by atomic mass is 35.5. The number of nitrogens with zero attached hydrogens (tertiary/aromatic N) is 3. The molecule has 3 rings (SSSR count). The summed E-state index contributed by atoms with van der Waals surface area (Å²) in [6.45, 7) is 2.48. The van der Waals surface area contributed by atoms with Crippen LogP contribution in [-0.4, -0.2) is 36.9 Å². The summed E-state index contributed by atoms with van der Waals surface area (Å²) < 4.78 is 14.7. The molecule has 7 nitrogen and oxygen atoms in total. The lowest BCUT2D eigenvalue weighted by Gasteiger charge is -2.13. The molecular weight excluding hydrogens is 373 g/mol. The molecule has 0 saturated heterocycles. The molecule has 0 unspecified atom stereocenters. The van der Waals surface area contributed by atoms with Crippen molar-refractivity contribution in [3.05, 3.63) is 70.3 Å². The Labute approximate surface area is 160 Å². The number of H-pyrrole nitrogens is 1. The zero-order valence-electron chi connectivity index (χ0n) is 14.6. The van der Waals surface area contributed by atoms with Gasteiger partial charge in [-0.05, 0) is 24.6 Å². The summed E-state index contributed by atoms with van der Waals surface area (Å²) in [6, 6.07) is 5.32. The van der Waals surface area contributed by atoms with Gasteiger partial charge in [0.2, 0.25) is 0 Å². The minimum absolute atomic E-state index is 0.263. The lowest BCUT2D eigenvalue weighted by atomic mass is 10.1. The van der Waals surface area contributed by atoms with E-state index in [1.807, 2.05) is 6.92 Å². The standard InChI is InChI=1S/C18H19ClFN5O2/c1-11-15(8-22-16(18(26)27)6-14-7-21-10-23-14)17(19)25(24-11)9-12-2-4-13(20)5-3-12/h2-5,7,10,16,22H,6,8-9H2,1H3,(H,21,23)(H,26,27)/t16-/m0/s1. The Balaban J connectivity index is 1.70. The van der Waals surface area contributed by atoms with Crippen LogP contribution < -0.4 is 5.32 Å². The number of aryl methyl sites for hydroxylation is 1. The van der Waals surface area contributed by atoms with Crippen molar-refractivity contribution in [3.63, 3.8) is 0 Å². The molecule has 0 aliphatic rings. The number of hydrogen-bond donors (Lipinski definition) is 3. The van der Waals surface area contributed by atoms with Crippen LogP contribution in [0.5, 0.6) is 0 Å². The summed E-state index contributed by atoms with van der Waals surface area (Å²) >= 11 is 6.44. The highest BCUT2D eigenvalue weighted by Crippen LogP contribution is 2.21. The number of rotatable bonds is 8. The van der Waals surface area contributed by atoms with E-state index in [-0.39, 0.29) is 18.8 Å². The summed E-state index contributed by atoms with van der Waals surface area (Å²) in [5, 5.41) is 17.3. The van der Waals surface area contributed by atoms with Crippen molar-refractivity contribution < 1.29 is 14.3 Å². The first-order chi connectivity index (χ1) is 12.9. The third-order valence-corrected chi connectivity index (χ3v) is 4.65. The van der Waals surface area contributed by atoms with Crippen LogP contribution in [0.3, 0.4) is 0 Å². The van der Waals surface area contributed by atoms with Crippen LogP contribution in [0.2, 0.25) is 5.15 Å². The second-order valence-electron chi connectivity index (χ2n) is 6.19. The molecule has 0 saturated carbocycles. The molecule has 0 aliphatic heterocycles. The molecule has 0 fully saturated rings. The number of benzene rings is 1. The van der Waals surface area contributed by atoms with Crippen LogP contribution in [0.25, 0.3) is 0 Å². The number of nitrogens with one attached hydrogen (secondary N) is 2. The average Bonchev–Trinajstić information content (AvgIpc) is 3.23. The van der Waals surface area contributed by atoms with Crippen molar-refractivity contribution in [2.45, 2.75) is 32.5 Å². The zero-order valence-corrected chi connectivity index (χ0v) is 15.4. The van der Waals surface area contributed by atoms with Crippen LogP contribution in [0.1, 0.15) is 22.5 Å². The van der Waals surface area contributed by atoms with E-state index in [1.165, 1.54) is 18.5 Å². The van der Waals surface area contributed by atoms with Gasteiger partial charge < -0.3 is 10.1 Å². The first-order valence-electron chi connectivity index (χ1n) is 8.33. The van der Waals surface area contributed by atoms with Gasteiger partial charge in [-0.2, -0.15) is 5.10 Å². The second kappa shape index (κ2) is 8.32. The molecule has 0 aliphatic carbocycles. The molecule has 1 aromatic carbocycles. The van der Waals surface area contributed by atoms with Gasteiger partial charge >= 0.3 is 5.97 Å². The van der Waals surface area contributed by atoms with Gasteiger partial charge in [-0.3, -0.25) is 10.1 Å². The second-order valence-corrected chi connectivity index (χ2v) is 6.55. The van der Waals surface area contributed by atoms with Crippen molar-refractivity contribution in [1.29, 1.82) is 0 Å². The molecule has 142 valence electrons. The molecule has 0 amide bonds. The van der Waals surface area contributed by atoms with Crippen molar-refractivity contribution in [1.82, 2.24) is 25.1 Å². The molecule has 9 heteroatoms. The highest BCUT2D eigenvalue weighted by Gasteiger charge is 2.21. The lowest BCUT2D eigenvalue weighted by molar-refractivity contribution is -0.139. The van der Waals surface area contributed by atoms with Crippen molar-refractivity contribution in [3.8, 4) is 0 Å². The zero-order chi connectivity index (χ0) is 19.4. The number of halogens is 2. The Bertz CT molecular complexity index is 909. The van der Waals surface area contributed by atoms with Gasteiger partial charge in [-0.1, -0.05) is 23.7 Å². The van der Waals surface area contributed by atoms with Gasteiger partial charge in [0.05, 0.1) is 18.6 Å². The van der Waals surface area contributed by atoms with E-state index >= 15 is 0 Å². The van der Waals surface area contributed by atoms with Crippen molar-refractivity contribution in [2.24, 2.45) is 0 Å². The van der Waals surface area contributed by atoms with Crippen LogP contribution in [0, 0.1) is 12.7 Å². The summed E-state index contributed by atoms with van der Waals surface area (Å²) in [4.78, 5) is 18.3. The number of carboxylic acids is 1. The molecule has 1 atom stereocenters. The number of hydrogen-bond acceptors (Lipinski definition) is 4. The summed E-state index contributed by atoms with van der Waals surface area (Å²) in [5.74, 6) is -1.26. The van der Waals surface area contributed by atoms with E-state index in [9.17, 15) is 14.3 Å². The SMILES string of the molecule is Cc1nn(Cc2ccc(F)cc2)c(Cl)c1CN[C@@H](Cc1cnc[nH]1)C(=O)O. The highest BCUT2D eigenvalue weighted by molar-refractivity contribution is 6.30. The van der Waals surface area contributed by atoms with Gasteiger partial charge in [0.1, 0.15) is 17.0 Å². The minimum atomic E-state index is -0.961. The summed E-state index contributed by atoms with van der Waals surface area (Å²) in [5.41, 5.74) is 3.03. The third-order valence-electron chi connectivity index (χ3n) is 4.23. The number of imidazole rings is 1. The van der Waals surface area contributed by atoms with E-state index in [2.05, 4.69) is 20.4 Å². The monoisotopic (exact) mass is 391 g/mol. The maximum absolute atomic E-state index is 13.0. The Morgan fingerprint density at radius 2 is 2.15 bits per heavy atom. The molecule has 0 spiro atoms. The molecule has 0 bridgehead atoms. The fourth-order valence-corrected chi connectivity index (χ4v) is 3.05. The Kier molecular flexibility index (Phi) is 5.88. The predicted molar refractivity (Wildman–Crippen MR) is 98.0 cm³/mol. The average molecular weight is 392 g/mol. The molecule has 2 heterocycles. The Morgan fingerprint density at radius 3 is 2.78 bits per heavy atom. The van der Waals surface area contributed by atoms with Crippen molar-refractivity contribution >= 4 is 17.6 Å². The number of aromatic nitrogens is 4. The quantitative estimate of drug-likeness (QED) is 0.548. The first-order valence-corrected chi connectivity index (χ1v) is 8.71. The maximum Gasteiger partial charge on any atom is 0.321 e. The van der Waals surface area contributed by atoms with Gasteiger partial charge in [0, 0.05) is 30.4 Å². The van der Waals surface area contributed by atoms with Crippen LogP contribution in [0.4, 0.5) is 4.39 Å². The summed E-state index contributed by atoms with van der Waals surface area (Å²) in [6.07, 6.45) is 3.38. The van der Waals surface area contributed by atoms with E-state index in [4.69, 9.17) is 11.6 Å². The van der Waals surface area contributed by atoms with Gasteiger partial charge in [-0.25, -0.2) is 14.1 Å². The number of carboxylic acid groups (broad SMARTS) is 1. The van der Waals surface area contributed by atoms with E-state index in [0.717, 1.165) is 16.8 Å². The van der Waals surface area contributed by atoms with E-state index < -0.39 is 12.0 Å². The number of carbonyl (C=O) groups is 1. The molecule has 3 aromatic rings. The smallest absolute Gasteiger partial charge is 0.321 e. The Morgan fingerprint density at radius 1 is 1.41 bits per heavy atom. The van der Waals surface area contributed by atoms with Gasteiger partial charge in [0.25, 0.3) is 0 Å². The van der Waals surface area contributed by atoms with E-state index in [0.29, 0.717) is 17.4 Å². The predicted octanol–water partition coefficient (Wildman–Crippen LogP) is 2.54.